The van der Waals surface area contributed by atoms with Crippen molar-refractivity contribution in [3.05, 3.63) is 33.8 Å². The molecule has 0 aromatic heterocycles. The maximum Gasteiger partial charge on any atom is 0.190 e. The quantitative estimate of drug-likeness (QED) is 0.475. The standard InChI is InChI=1S/C10H13Cl2N3.HI/c1-13-10(14-2)15-6-7-3-4-8(11)5-9(7)12;/h3-5H,6H2,1-2H3,(H2,13,14,15);1H. The second-order valence-corrected chi connectivity index (χ2v) is 3.76. The summed E-state index contributed by atoms with van der Waals surface area (Å²) in [7, 11) is 3.51. The van der Waals surface area contributed by atoms with Crippen LogP contribution in [0, 0.1) is 0 Å². The van der Waals surface area contributed by atoms with E-state index in [4.69, 9.17) is 23.2 Å². The molecule has 0 spiro atoms. The molecule has 2 N–H and O–H groups in total. The van der Waals surface area contributed by atoms with E-state index in [-0.39, 0.29) is 24.0 Å². The Morgan fingerprint density at radius 1 is 1.38 bits per heavy atom. The minimum atomic E-state index is 0. The molecule has 1 aromatic rings. The average Bonchev–Trinajstić information content (AvgIpc) is 2.22. The maximum atomic E-state index is 6.01. The number of halogens is 3. The lowest BCUT2D eigenvalue weighted by Gasteiger charge is -2.09. The summed E-state index contributed by atoms with van der Waals surface area (Å²) in [5, 5.41) is 7.32. The number of benzene rings is 1. The van der Waals surface area contributed by atoms with Crippen molar-refractivity contribution in [1.29, 1.82) is 0 Å². The molecule has 0 atom stereocenters. The van der Waals surface area contributed by atoms with Gasteiger partial charge in [0.05, 0.1) is 0 Å². The summed E-state index contributed by atoms with van der Waals surface area (Å²) < 4.78 is 0. The topological polar surface area (TPSA) is 36.4 Å². The second kappa shape index (κ2) is 7.97. The molecule has 0 unspecified atom stereocenters. The van der Waals surface area contributed by atoms with E-state index in [9.17, 15) is 0 Å². The van der Waals surface area contributed by atoms with Crippen LogP contribution in [0.25, 0.3) is 0 Å². The van der Waals surface area contributed by atoms with Crippen molar-refractivity contribution < 1.29 is 0 Å². The molecule has 90 valence electrons. The van der Waals surface area contributed by atoms with Crippen LogP contribution in [-0.4, -0.2) is 20.1 Å². The minimum Gasteiger partial charge on any atom is -0.359 e. The van der Waals surface area contributed by atoms with Crippen LogP contribution < -0.4 is 10.6 Å². The zero-order chi connectivity index (χ0) is 11.3. The molecule has 0 radical (unpaired) electrons. The maximum absolute atomic E-state index is 6.01. The summed E-state index contributed by atoms with van der Waals surface area (Å²) >= 11 is 11.8. The Labute approximate surface area is 123 Å². The number of nitrogens with zero attached hydrogens (tertiary/aromatic N) is 1. The number of hydrogen-bond donors (Lipinski definition) is 2. The molecule has 1 aromatic carbocycles. The van der Waals surface area contributed by atoms with Gasteiger partial charge in [0.15, 0.2) is 5.96 Å². The van der Waals surface area contributed by atoms with Crippen molar-refractivity contribution in [1.82, 2.24) is 10.6 Å². The Morgan fingerprint density at radius 3 is 2.56 bits per heavy atom. The first-order valence-corrected chi connectivity index (χ1v) is 5.25. The van der Waals surface area contributed by atoms with Gasteiger partial charge in [0.1, 0.15) is 0 Å². The summed E-state index contributed by atoms with van der Waals surface area (Å²) in [5.74, 6) is 0.723. The van der Waals surface area contributed by atoms with Gasteiger partial charge in [-0.1, -0.05) is 29.3 Å². The molecule has 16 heavy (non-hydrogen) atoms. The van der Waals surface area contributed by atoms with E-state index in [0.29, 0.717) is 16.6 Å². The first kappa shape index (κ1) is 15.8. The van der Waals surface area contributed by atoms with Gasteiger partial charge >= 0.3 is 0 Å². The normalized spacial score (nSPS) is 10.6. The molecule has 0 aliphatic rings. The molecular formula is C10H14Cl2IN3. The largest absolute Gasteiger partial charge is 0.359 e. The van der Waals surface area contributed by atoms with Crippen LogP contribution in [0.1, 0.15) is 5.56 Å². The highest BCUT2D eigenvalue weighted by molar-refractivity contribution is 14.0. The second-order valence-electron chi connectivity index (χ2n) is 2.91. The van der Waals surface area contributed by atoms with Gasteiger partial charge in [-0.3, -0.25) is 4.99 Å². The zero-order valence-corrected chi connectivity index (χ0v) is 12.9. The summed E-state index contributed by atoms with van der Waals surface area (Å²) in [6.45, 7) is 0.615. The van der Waals surface area contributed by atoms with Crippen LogP contribution in [0.2, 0.25) is 10.0 Å². The SMILES string of the molecule is CN=C(NC)NCc1ccc(Cl)cc1Cl.I. The molecule has 0 aliphatic carbocycles. The van der Waals surface area contributed by atoms with Crippen LogP contribution in [-0.2, 0) is 6.54 Å². The number of rotatable bonds is 2. The number of hydrogen-bond acceptors (Lipinski definition) is 1. The molecule has 0 fully saturated rings. The van der Waals surface area contributed by atoms with Crippen molar-refractivity contribution in [2.45, 2.75) is 6.54 Å². The average molecular weight is 374 g/mol. The molecular weight excluding hydrogens is 360 g/mol. The van der Waals surface area contributed by atoms with E-state index in [1.165, 1.54) is 0 Å². The van der Waals surface area contributed by atoms with Gasteiger partial charge in [-0.15, -0.1) is 24.0 Å². The van der Waals surface area contributed by atoms with Crippen molar-refractivity contribution in [2.75, 3.05) is 14.1 Å². The monoisotopic (exact) mass is 373 g/mol. The Hall–Kier alpha value is -0.200. The highest BCUT2D eigenvalue weighted by Gasteiger charge is 2.01. The first-order chi connectivity index (χ1) is 7.17. The van der Waals surface area contributed by atoms with Gasteiger partial charge in [0, 0.05) is 30.7 Å². The Morgan fingerprint density at radius 2 is 2.06 bits per heavy atom. The van der Waals surface area contributed by atoms with Gasteiger partial charge in [0.25, 0.3) is 0 Å². The molecule has 1 rings (SSSR count). The lowest BCUT2D eigenvalue weighted by Crippen LogP contribution is -2.34. The third-order valence-electron chi connectivity index (χ3n) is 1.92. The Kier molecular flexibility index (Phi) is 7.87. The van der Waals surface area contributed by atoms with Crippen molar-refractivity contribution >= 4 is 53.1 Å². The van der Waals surface area contributed by atoms with Gasteiger partial charge < -0.3 is 10.6 Å². The lowest BCUT2D eigenvalue weighted by atomic mass is 10.2. The fraction of sp³-hybridized carbons (Fsp3) is 0.300. The van der Waals surface area contributed by atoms with E-state index < -0.39 is 0 Å². The fourth-order valence-corrected chi connectivity index (χ4v) is 1.60. The van der Waals surface area contributed by atoms with Crippen molar-refractivity contribution in [3.63, 3.8) is 0 Å². The van der Waals surface area contributed by atoms with Gasteiger partial charge in [0.2, 0.25) is 0 Å². The third kappa shape index (κ3) is 4.76. The number of guanidine groups is 1. The van der Waals surface area contributed by atoms with E-state index in [1.54, 1.807) is 20.2 Å². The van der Waals surface area contributed by atoms with Gasteiger partial charge in [-0.2, -0.15) is 0 Å². The summed E-state index contributed by atoms with van der Waals surface area (Å²) in [6, 6.07) is 5.43. The zero-order valence-electron chi connectivity index (χ0n) is 9.05. The van der Waals surface area contributed by atoms with Crippen LogP contribution in [0.5, 0.6) is 0 Å². The van der Waals surface area contributed by atoms with E-state index in [2.05, 4.69) is 15.6 Å². The molecule has 0 heterocycles. The van der Waals surface area contributed by atoms with Gasteiger partial charge in [-0.25, -0.2) is 0 Å². The fourth-order valence-electron chi connectivity index (χ4n) is 1.12. The predicted molar refractivity (Wildman–Crippen MR) is 81.1 cm³/mol. The minimum absolute atomic E-state index is 0. The highest BCUT2D eigenvalue weighted by atomic mass is 127. The van der Waals surface area contributed by atoms with Crippen LogP contribution >= 0.6 is 47.2 Å². The highest BCUT2D eigenvalue weighted by Crippen LogP contribution is 2.20. The molecule has 0 saturated heterocycles. The van der Waals surface area contributed by atoms with E-state index >= 15 is 0 Å². The van der Waals surface area contributed by atoms with Crippen LogP contribution in [0.3, 0.4) is 0 Å². The van der Waals surface area contributed by atoms with Crippen LogP contribution in [0.15, 0.2) is 23.2 Å². The first-order valence-electron chi connectivity index (χ1n) is 4.49. The summed E-state index contributed by atoms with van der Waals surface area (Å²) in [5.41, 5.74) is 0.984. The molecule has 0 amide bonds. The van der Waals surface area contributed by atoms with E-state index in [1.807, 2.05) is 12.1 Å². The predicted octanol–water partition coefficient (Wildman–Crippen LogP) is 2.91. The molecule has 6 heteroatoms. The van der Waals surface area contributed by atoms with Crippen LogP contribution in [0.4, 0.5) is 0 Å². The molecule has 3 nitrogen and oxygen atoms in total. The molecule has 0 saturated carbocycles. The lowest BCUT2D eigenvalue weighted by molar-refractivity contribution is 0.866. The summed E-state index contributed by atoms with van der Waals surface area (Å²) in [4.78, 5) is 3.99. The Bertz CT molecular complexity index is 369. The molecule has 0 aliphatic heterocycles. The number of aliphatic imine (C=N–C) groups is 1. The Balaban J connectivity index is 0.00000225. The summed E-state index contributed by atoms with van der Waals surface area (Å²) in [6.07, 6.45) is 0. The van der Waals surface area contributed by atoms with Crippen molar-refractivity contribution in [2.24, 2.45) is 4.99 Å². The van der Waals surface area contributed by atoms with Gasteiger partial charge in [-0.05, 0) is 17.7 Å². The number of nitrogens with one attached hydrogen (secondary N) is 2. The molecule has 0 bridgehead atoms. The van der Waals surface area contributed by atoms with Crippen molar-refractivity contribution in [3.8, 4) is 0 Å². The third-order valence-corrected chi connectivity index (χ3v) is 2.51. The van der Waals surface area contributed by atoms with E-state index in [0.717, 1.165) is 11.5 Å². The smallest absolute Gasteiger partial charge is 0.190 e.